The first-order valence-corrected chi connectivity index (χ1v) is 10.3. The zero-order valence-corrected chi connectivity index (χ0v) is 16.7. The maximum atomic E-state index is 12.5. The lowest BCUT2D eigenvalue weighted by Gasteiger charge is -2.26. The van der Waals surface area contributed by atoms with E-state index in [1.807, 2.05) is 66.4 Å². The lowest BCUT2D eigenvalue weighted by molar-refractivity contribution is 0.192. The molecule has 144 valence electrons. The predicted octanol–water partition coefficient (Wildman–Crippen LogP) is 4.48. The third-order valence-corrected chi connectivity index (χ3v) is 5.85. The summed E-state index contributed by atoms with van der Waals surface area (Å²) < 4.78 is 5.51. The van der Waals surface area contributed by atoms with E-state index in [0.717, 1.165) is 34.0 Å². The molecule has 1 aliphatic heterocycles. The molecule has 0 unspecified atom stereocenters. The smallest absolute Gasteiger partial charge is 0.318 e. The van der Waals surface area contributed by atoms with Gasteiger partial charge >= 0.3 is 6.03 Å². The van der Waals surface area contributed by atoms with Crippen molar-refractivity contribution >= 4 is 17.4 Å². The molecular weight excluding hydrogens is 370 g/mol. The van der Waals surface area contributed by atoms with Gasteiger partial charge in [0.15, 0.2) is 0 Å². The Morgan fingerprint density at radius 1 is 1.18 bits per heavy atom. The molecule has 1 aromatic heterocycles. The summed E-state index contributed by atoms with van der Waals surface area (Å²) >= 11 is 1.67. The number of hydrogen-bond donors (Lipinski definition) is 1. The lowest BCUT2D eigenvalue weighted by atomic mass is 10.2. The fraction of sp³-hybridized carbons (Fsp3) is 0.273. The number of nitrogens with one attached hydrogen (secondary N) is 1. The molecule has 0 saturated heterocycles. The molecular formula is C22H23N3O2S. The molecule has 1 N–H and O–H groups in total. The Hall–Kier alpha value is -2.86. The van der Waals surface area contributed by atoms with Crippen LogP contribution in [0.25, 0.3) is 10.6 Å². The van der Waals surface area contributed by atoms with Gasteiger partial charge in [-0.15, -0.1) is 11.3 Å². The monoisotopic (exact) mass is 393 g/mol. The number of urea groups is 1. The summed E-state index contributed by atoms with van der Waals surface area (Å²) in [5.41, 5.74) is 3.30. The van der Waals surface area contributed by atoms with Crippen LogP contribution in [0, 0.1) is 0 Å². The topological polar surface area (TPSA) is 54.5 Å². The molecule has 0 spiro atoms. The van der Waals surface area contributed by atoms with Gasteiger partial charge in [-0.1, -0.05) is 30.3 Å². The third-order valence-electron chi connectivity index (χ3n) is 4.72. The van der Waals surface area contributed by atoms with E-state index in [9.17, 15) is 4.79 Å². The van der Waals surface area contributed by atoms with E-state index in [1.165, 1.54) is 4.88 Å². The zero-order valence-electron chi connectivity index (χ0n) is 15.9. The summed E-state index contributed by atoms with van der Waals surface area (Å²) in [4.78, 5) is 20.4. The van der Waals surface area contributed by atoms with Crippen LogP contribution < -0.4 is 10.1 Å². The summed E-state index contributed by atoms with van der Waals surface area (Å²) in [6.45, 7) is 4.49. The van der Waals surface area contributed by atoms with Crippen molar-refractivity contribution < 1.29 is 9.53 Å². The Morgan fingerprint density at radius 2 is 1.96 bits per heavy atom. The number of carbonyl (C=O) groups is 1. The van der Waals surface area contributed by atoms with E-state index in [2.05, 4.69) is 5.32 Å². The zero-order chi connectivity index (χ0) is 19.3. The quantitative estimate of drug-likeness (QED) is 0.695. The number of nitrogens with zero attached hydrogens (tertiary/aromatic N) is 2. The predicted molar refractivity (Wildman–Crippen MR) is 112 cm³/mol. The number of aromatic nitrogens is 1. The Kier molecular flexibility index (Phi) is 5.58. The van der Waals surface area contributed by atoms with Gasteiger partial charge in [0.25, 0.3) is 0 Å². The molecule has 0 aliphatic carbocycles. The van der Waals surface area contributed by atoms with Crippen LogP contribution in [0.2, 0.25) is 0 Å². The van der Waals surface area contributed by atoms with Gasteiger partial charge in [0.1, 0.15) is 10.8 Å². The Balaban J connectivity index is 1.40. The number of amides is 2. The van der Waals surface area contributed by atoms with Crippen LogP contribution in [0.15, 0.2) is 54.6 Å². The highest BCUT2D eigenvalue weighted by Crippen LogP contribution is 2.32. The van der Waals surface area contributed by atoms with Crippen molar-refractivity contribution in [3.8, 4) is 16.3 Å². The highest BCUT2D eigenvalue weighted by Gasteiger charge is 2.24. The average molecular weight is 394 g/mol. The standard InChI is InChI=1S/C22H23N3O2S/c1-2-27-18-10-8-17(9-11-18)21-24-19-12-13-25(15-20(19)28-21)22(26)23-14-16-6-4-3-5-7-16/h3-11H,2,12-15H2,1H3,(H,23,26). The van der Waals surface area contributed by atoms with Crippen molar-refractivity contribution in [2.24, 2.45) is 0 Å². The molecule has 4 rings (SSSR count). The molecule has 3 aromatic rings. The van der Waals surface area contributed by atoms with Gasteiger partial charge in [-0.25, -0.2) is 9.78 Å². The van der Waals surface area contributed by atoms with Crippen LogP contribution in [-0.4, -0.2) is 29.1 Å². The molecule has 0 radical (unpaired) electrons. The number of fused-ring (bicyclic) bond motifs is 1. The molecule has 2 amide bonds. The van der Waals surface area contributed by atoms with Gasteiger partial charge in [-0.3, -0.25) is 0 Å². The number of carbonyl (C=O) groups excluding carboxylic acids is 1. The number of benzene rings is 2. The molecule has 5 nitrogen and oxygen atoms in total. The number of hydrogen-bond acceptors (Lipinski definition) is 4. The van der Waals surface area contributed by atoms with Crippen molar-refractivity contribution in [1.29, 1.82) is 0 Å². The first kappa shape index (κ1) is 18.5. The first-order valence-electron chi connectivity index (χ1n) is 9.51. The summed E-state index contributed by atoms with van der Waals surface area (Å²) in [6, 6.07) is 18.0. The van der Waals surface area contributed by atoms with E-state index in [4.69, 9.17) is 9.72 Å². The fourth-order valence-corrected chi connectivity index (χ4v) is 4.37. The maximum Gasteiger partial charge on any atom is 0.318 e. The van der Waals surface area contributed by atoms with Gasteiger partial charge < -0.3 is 15.0 Å². The van der Waals surface area contributed by atoms with Crippen LogP contribution in [-0.2, 0) is 19.5 Å². The minimum atomic E-state index is -0.0227. The molecule has 0 fully saturated rings. The van der Waals surface area contributed by atoms with Gasteiger partial charge in [-0.05, 0) is 36.8 Å². The van der Waals surface area contributed by atoms with Crippen LogP contribution in [0.4, 0.5) is 4.79 Å². The summed E-state index contributed by atoms with van der Waals surface area (Å²) in [7, 11) is 0. The Morgan fingerprint density at radius 3 is 2.71 bits per heavy atom. The minimum absolute atomic E-state index is 0.0227. The van der Waals surface area contributed by atoms with E-state index in [0.29, 0.717) is 26.2 Å². The number of ether oxygens (including phenoxy) is 1. The Labute approximate surface area is 169 Å². The maximum absolute atomic E-state index is 12.5. The average Bonchev–Trinajstić information content (AvgIpc) is 3.17. The third kappa shape index (κ3) is 4.17. The van der Waals surface area contributed by atoms with Crippen molar-refractivity contribution in [3.05, 3.63) is 70.7 Å². The van der Waals surface area contributed by atoms with Gasteiger partial charge in [0.05, 0.1) is 18.8 Å². The number of thiazole rings is 1. The molecule has 28 heavy (non-hydrogen) atoms. The minimum Gasteiger partial charge on any atom is -0.494 e. The number of rotatable bonds is 5. The lowest BCUT2D eigenvalue weighted by Crippen LogP contribution is -2.42. The van der Waals surface area contributed by atoms with E-state index < -0.39 is 0 Å². The SMILES string of the molecule is CCOc1ccc(-c2nc3c(s2)CN(C(=O)NCc2ccccc2)CC3)cc1. The summed E-state index contributed by atoms with van der Waals surface area (Å²) in [5.74, 6) is 0.869. The molecule has 2 aromatic carbocycles. The molecule has 6 heteroatoms. The molecule has 0 saturated carbocycles. The molecule has 0 bridgehead atoms. The second kappa shape index (κ2) is 8.44. The molecule has 1 aliphatic rings. The van der Waals surface area contributed by atoms with Gasteiger partial charge in [0, 0.05) is 30.0 Å². The van der Waals surface area contributed by atoms with E-state index >= 15 is 0 Å². The van der Waals surface area contributed by atoms with Crippen LogP contribution in [0.1, 0.15) is 23.1 Å². The second-order valence-corrected chi connectivity index (χ2v) is 7.75. The summed E-state index contributed by atoms with van der Waals surface area (Å²) in [6.07, 6.45) is 0.793. The molecule has 2 heterocycles. The van der Waals surface area contributed by atoms with Crippen LogP contribution in [0.5, 0.6) is 5.75 Å². The highest BCUT2D eigenvalue weighted by molar-refractivity contribution is 7.15. The summed E-state index contributed by atoms with van der Waals surface area (Å²) in [5, 5.41) is 4.01. The normalized spacial score (nSPS) is 13.1. The largest absolute Gasteiger partial charge is 0.494 e. The van der Waals surface area contributed by atoms with Crippen molar-refractivity contribution in [2.45, 2.75) is 26.4 Å². The Bertz CT molecular complexity index is 938. The first-order chi connectivity index (χ1) is 13.7. The highest BCUT2D eigenvalue weighted by atomic mass is 32.1. The fourth-order valence-electron chi connectivity index (χ4n) is 3.24. The van der Waals surface area contributed by atoms with Gasteiger partial charge in [0.2, 0.25) is 0 Å². The van der Waals surface area contributed by atoms with Crippen LogP contribution in [0.3, 0.4) is 0 Å². The van der Waals surface area contributed by atoms with Gasteiger partial charge in [-0.2, -0.15) is 0 Å². The second-order valence-electron chi connectivity index (χ2n) is 6.66. The van der Waals surface area contributed by atoms with Crippen LogP contribution >= 0.6 is 11.3 Å². The molecule has 0 atom stereocenters. The van der Waals surface area contributed by atoms with E-state index in [-0.39, 0.29) is 6.03 Å². The van der Waals surface area contributed by atoms with Crippen molar-refractivity contribution in [3.63, 3.8) is 0 Å². The van der Waals surface area contributed by atoms with E-state index in [1.54, 1.807) is 11.3 Å². The van der Waals surface area contributed by atoms with Crippen molar-refractivity contribution in [1.82, 2.24) is 15.2 Å². The van der Waals surface area contributed by atoms with Crippen molar-refractivity contribution in [2.75, 3.05) is 13.2 Å².